The molecule has 1 aromatic rings. The average molecular weight is 276 g/mol. The SMILES string of the molecule is Cc1ccc(OCCN(C)C(=O)C(C)C2CNC2)cc1. The van der Waals surface area contributed by atoms with Gasteiger partial charge in [0.05, 0.1) is 6.54 Å². The van der Waals surface area contributed by atoms with Crippen molar-refractivity contribution in [1.82, 2.24) is 10.2 Å². The lowest BCUT2D eigenvalue weighted by Gasteiger charge is -2.33. The van der Waals surface area contributed by atoms with Gasteiger partial charge < -0.3 is 15.0 Å². The fourth-order valence-electron chi connectivity index (χ4n) is 2.26. The number of likely N-dealkylation sites (N-methyl/N-ethyl adjacent to an activating group) is 1. The number of carbonyl (C=O) groups is 1. The van der Waals surface area contributed by atoms with E-state index in [1.165, 1.54) is 5.56 Å². The highest BCUT2D eigenvalue weighted by atomic mass is 16.5. The number of rotatable bonds is 6. The van der Waals surface area contributed by atoms with E-state index in [0.717, 1.165) is 18.8 Å². The molecule has 4 nitrogen and oxygen atoms in total. The van der Waals surface area contributed by atoms with Gasteiger partial charge in [-0.25, -0.2) is 0 Å². The molecule has 4 heteroatoms. The van der Waals surface area contributed by atoms with E-state index in [0.29, 0.717) is 19.1 Å². The van der Waals surface area contributed by atoms with Gasteiger partial charge in [-0.1, -0.05) is 24.6 Å². The third-order valence-electron chi connectivity index (χ3n) is 4.00. The van der Waals surface area contributed by atoms with E-state index in [1.807, 2.05) is 45.2 Å². The predicted octanol–water partition coefficient (Wildman–Crippen LogP) is 1.69. The van der Waals surface area contributed by atoms with Crippen molar-refractivity contribution >= 4 is 5.91 Å². The van der Waals surface area contributed by atoms with Gasteiger partial charge in [0.1, 0.15) is 12.4 Å². The molecule has 1 fully saturated rings. The molecule has 20 heavy (non-hydrogen) atoms. The molecule has 0 spiro atoms. The van der Waals surface area contributed by atoms with E-state index in [2.05, 4.69) is 5.32 Å². The van der Waals surface area contributed by atoms with Crippen LogP contribution < -0.4 is 10.1 Å². The molecule has 0 aromatic heterocycles. The molecule has 1 unspecified atom stereocenters. The van der Waals surface area contributed by atoms with Crippen molar-refractivity contribution in [3.05, 3.63) is 29.8 Å². The molecule has 1 aliphatic heterocycles. The van der Waals surface area contributed by atoms with Crippen LogP contribution in [0.4, 0.5) is 0 Å². The molecule has 1 aromatic carbocycles. The zero-order chi connectivity index (χ0) is 14.5. The van der Waals surface area contributed by atoms with Gasteiger partial charge in [-0.2, -0.15) is 0 Å². The van der Waals surface area contributed by atoms with Crippen LogP contribution in [0.1, 0.15) is 12.5 Å². The summed E-state index contributed by atoms with van der Waals surface area (Å²) in [5.74, 6) is 1.65. The quantitative estimate of drug-likeness (QED) is 0.859. The number of ether oxygens (including phenoxy) is 1. The molecule has 1 amide bonds. The number of aryl methyl sites for hydroxylation is 1. The lowest BCUT2D eigenvalue weighted by Crippen LogP contribution is -2.50. The molecule has 110 valence electrons. The summed E-state index contributed by atoms with van der Waals surface area (Å²) in [7, 11) is 1.85. The van der Waals surface area contributed by atoms with Gasteiger partial charge in [-0.05, 0) is 38.1 Å². The second-order valence-electron chi connectivity index (χ2n) is 5.63. The largest absolute Gasteiger partial charge is 0.492 e. The molecule has 1 N–H and O–H groups in total. The number of carbonyl (C=O) groups excluding carboxylic acids is 1. The van der Waals surface area contributed by atoms with E-state index in [1.54, 1.807) is 4.90 Å². The summed E-state index contributed by atoms with van der Waals surface area (Å²) in [5.41, 5.74) is 1.22. The number of amides is 1. The molecule has 0 saturated carbocycles. The fraction of sp³-hybridized carbons (Fsp3) is 0.562. The summed E-state index contributed by atoms with van der Waals surface area (Å²) < 4.78 is 5.66. The Morgan fingerprint density at radius 3 is 2.60 bits per heavy atom. The van der Waals surface area contributed by atoms with Gasteiger partial charge >= 0.3 is 0 Å². The number of hydrogen-bond acceptors (Lipinski definition) is 3. The first kappa shape index (κ1) is 14.9. The maximum Gasteiger partial charge on any atom is 0.225 e. The molecular formula is C16H24N2O2. The summed E-state index contributed by atoms with van der Waals surface area (Å²) in [6.07, 6.45) is 0. The summed E-state index contributed by atoms with van der Waals surface area (Å²) in [6, 6.07) is 7.96. The van der Waals surface area contributed by atoms with Crippen LogP contribution in [0.3, 0.4) is 0 Å². The highest BCUT2D eigenvalue weighted by Gasteiger charge is 2.30. The first-order valence-corrected chi connectivity index (χ1v) is 7.23. The Morgan fingerprint density at radius 1 is 1.40 bits per heavy atom. The topological polar surface area (TPSA) is 41.6 Å². The van der Waals surface area contributed by atoms with E-state index in [4.69, 9.17) is 4.74 Å². The lowest BCUT2D eigenvalue weighted by molar-refractivity contribution is -0.136. The van der Waals surface area contributed by atoms with Crippen molar-refractivity contribution in [2.24, 2.45) is 11.8 Å². The Labute approximate surface area is 121 Å². The Kier molecular flexibility index (Phi) is 5.01. The number of nitrogens with zero attached hydrogens (tertiary/aromatic N) is 1. The summed E-state index contributed by atoms with van der Waals surface area (Å²) in [5, 5.41) is 3.21. The van der Waals surface area contributed by atoms with Crippen LogP contribution in [0.25, 0.3) is 0 Å². The van der Waals surface area contributed by atoms with Crippen LogP contribution in [-0.2, 0) is 4.79 Å². The minimum absolute atomic E-state index is 0.0978. The van der Waals surface area contributed by atoms with Gasteiger partial charge in [0.15, 0.2) is 0 Å². The minimum Gasteiger partial charge on any atom is -0.492 e. The minimum atomic E-state index is 0.0978. The second-order valence-corrected chi connectivity index (χ2v) is 5.63. The number of benzene rings is 1. The first-order chi connectivity index (χ1) is 9.58. The van der Waals surface area contributed by atoms with Crippen LogP contribution in [0.15, 0.2) is 24.3 Å². The molecular weight excluding hydrogens is 252 g/mol. The maximum atomic E-state index is 12.2. The molecule has 0 radical (unpaired) electrons. The van der Waals surface area contributed by atoms with Crippen molar-refractivity contribution in [3.8, 4) is 5.75 Å². The van der Waals surface area contributed by atoms with Crippen LogP contribution in [0.2, 0.25) is 0 Å². The van der Waals surface area contributed by atoms with Crippen molar-refractivity contribution in [2.75, 3.05) is 33.3 Å². The average Bonchev–Trinajstić information content (AvgIpc) is 2.38. The Bertz CT molecular complexity index is 440. The van der Waals surface area contributed by atoms with Crippen molar-refractivity contribution in [3.63, 3.8) is 0 Å². The van der Waals surface area contributed by atoms with Crippen molar-refractivity contribution in [1.29, 1.82) is 0 Å². The van der Waals surface area contributed by atoms with Crippen LogP contribution in [-0.4, -0.2) is 44.1 Å². The first-order valence-electron chi connectivity index (χ1n) is 7.23. The summed E-state index contributed by atoms with van der Waals surface area (Å²) in [4.78, 5) is 14.0. The molecule has 0 bridgehead atoms. The van der Waals surface area contributed by atoms with Crippen molar-refractivity contribution < 1.29 is 9.53 Å². The Balaban J connectivity index is 1.72. The molecule has 1 saturated heterocycles. The van der Waals surface area contributed by atoms with E-state index < -0.39 is 0 Å². The molecule has 1 heterocycles. The van der Waals surface area contributed by atoms with Crippen molar-refractivity contribution in [2.45, 2.75) is 13.8 Å². The second kappa shape index (κ2) is 6.75. The smallest absolute Gasteiger partial charge is 0.225 e. The third-order valence-corrected chi connectivity index (χ3v) is 4.00. The lowest BCUT2D eigenvalue weighted by atomic mass is 9.88. The number of nitrogens with one attached hydrogen (secondary N) is 1. The van der Waals surface area contributed by atoms with Crippen LogP contribution >= 0.6 is 0 Å². The van der Waals surface area contributed by atoms with Gasteiger partial charge in [0.2, 0.25) is 5.91 Å². The van der Waals surface area contributed by atoms with Gasteiger partial charge in [0, 0.05) is 13.0 Å². The van der Waals surface area contributed by atoms with E-state index in [-0.39, 0.29) is 11.8 Å². The molecule has 2 rings (SSSR count). The van der Waals surface area contributed by atoms with Gasteiger partial charge in [-0.3, -0.25) is 4.79 Å². The fourth-order valence-corrected chi connectivity index (χ4v) is 2.26. The van der Waals surface area contributed by atoms with E-state index >= 15 is 0 Å². The highest BCUT2D eigenvalue weighted by molar-refractivity contribution is 5.78. The zero-order valence-electron chi connectivity index (χ0n) is 12.6. The van der Waals surface area contributed by atoms with Crippen LogP contribution in [0, 0.1) is 18.8 Å². The summed E-state index contributed by atoms with van der Waals surface area (Å²) >= 11 is 0. The number of hydrogen-bond donors (Lipinski definition) is 1. The highest BCUT2D eigenvalue weighted by Crippen LogP contribution is 2.18. The maximum absolute atomic E-state index is 12.2. The Hall–Kier alpha value is -1.55. The van der Waals surface area contributed by atoms with Gasteiger partial charge in [0.25, 0.3) is 0 Å². The predicted molar refractivity (Wildman–Crippen MR) is 79.8 cm³/mol. The monoisotopic (exact) mass is 276 g/mol. The third kappa shape index (κ3) is 3.73. The molecule has 1 aliphatic rings. The Morgan fingerprint density at radius 2 is 2.05 bits per heavy atom. The van der Waals surface area contributed by atoms with E-state index in [9.17, 15) is 4.79 Å². The molecule has 1 atom stereocenters. The normalized spacial score (nSPS) is 16.4. The van der Waals surface area contributed by atoms with Gasteiger partial charge in [-0.15, -0.1) is 0 Å². The van der Waals surface area contributed by atoms with Crippen LogP contribution in [0.5, 0.6) is 5.75 Å². The molecule has 0 aliphatic carbocycles. The standard InChI is InChI=1S/C16H24N2O2/c1-12-4-6-15(7-5-12)20-9-8-18(3)16(19)13(2)14-10-17-11-14/h4-7,13-14,17H,8-11H2,1-3H3. The summed E-state index contributed by atoms with van der Waals surface area (Å²) in [6.45, 7) is 7.14. The zero-order valence-corrected chi connectivity index (χ0v) is 12.6.